The molecule has 2 aromatic rings. The molecule has 2 nitrogen and oxygen atoms in total. The summed E-state index contributed by atoms with van der Waals surface area (Å²) in [5.41, 5.74) is 2.08. The number of benzene rings is 1. The Labute approximate surface area is 77.2 Å². The molecule has 0 radical (unpaired) electrons. The molecule has 0 N–H and O–H groups in total. The molecule has 1 heterocycles. The van der Waals surface area contributed by atoms with Gasteiger partial charge in [0.1, 0.15) is 11.5 Å². The van der Waals surface area contributed by atoms with Gasteiger partial charge in [-0.25, -0.2) is 4.98 Å². The zero-order chi connectivity index (χ0) is 9.10. The van der Waals surface area contributed by atoms with Gasteiger partial charge < -0.3 is 4.42 Å². The molecular formula is C11H11NO. The van der Waals surface area contributed by atoms with Crippen LogP contribution in [0.15, 0.2) is 41.1 Å². The fourth-order valence-corrected chi connectivity index (χ4v) is 1.35. The molecule has 0 bridgehead atoms. The van der Waals surface area contributed by atoms with Crippen LogP contribution in [0.5, 0.6) is 0 Å². The highest BCUT2D eigenvalue weighted by Gasteiger charge is 2.06. The molecule has 0 saturated carbocycles. The normalized spacial score (nSPS) is 10.2. The molecule has 0 aliphatic rings. The van der Waals surface area contributed by atoms with Crippen LogP contribution in [0, 0.1) is 0 Å². The van der Waals surface area contributed by atoms with Gasteiger partial charge in [-0.2, -0.15) is 0 Å². The van der Waals surface area contributed by atoms with Crippen molar-refractivity contribution < 1.29 is 4.42 Å². The van der Waals surface area contributed by atoms with Crippen molar-refractivity contribution in [3.8, 4) is 11.3 Å². The molecule has 66 valence electrons. The van der Waals surface area contributed by atoms with Crippen LogP contribution in [0.1, 0.15) is 12.7 Å². The number of oxazole rings is 1. The van der Waals surface area contributed by atoms with E-state index < -0.39 is 0 Å². The van der Waals surface area contributed by atoms with E-state index in [9.17, 15) is 0 Å². The van der Waals surface area contributed by atoms with Crippen LogP contribution in [0.4, 0.5) is 0 Å². The minimum absolute atomic E-state index is 0.879. The number of rotatable bonds is 2. The summed E-state index contributed by atoms with van der Waals surface area (Å²) < 4.78 is 5.26. The van der Waals surface area contributed by atoms with E-state index in [1.54, 1.807) is 0 Å². The minimum Gasteiger partial charge on any atom is -0.448 e. The SMILES string of the molecule is CCc1ocnc1-c1ccccc1. The summed E-state index contributed by atoms with van der Waals surface area (Å²) >= 11 is 0. The second-order valence-corrected chi connectivity index (χ2v) is 2.84. The number of aryl methyl sites for hydroxylation is 1. The first kappa shape index (κ1) is 8.05. The van der Waals surface area contributed by atoms with Crippen LogP contribution in [0.25, 0.3) is 11.3 Å². The monoisotopic (exact) mass is 173 g/mol. The third-order valence-corrected chi connectivity index (χ3v) is 2.01. The summed E-state index contributed by atoms with van der Waals surface area (Å²) in [7, 11) is 0. The van der Waals surface area contributed by atoms with Gasteiger partial charge in [-0.05, 0) is 0 Å². The maximum absolute atomic E-state index is 5.26. The van der Waals surface area contributed by atoms with E-state index in [-0.39, 0.29) is 0 Å². The quantitative estimate of drug-likeness (QED) is 0.697. The zero-order valence-corrected chi connectivity index (χ0v) is 7.53. The van der Waals surface area contributed by atoms with Gasteiger partial charge in [0.2, 0.25) is 0 Å². The molecule has 1 aromatic carbocycles. The van der Waals surface area contributed by atoms with Crippen molar-refractivity contribution in [2.24, 2.45) is 0 Å². The molecule has 0 aliphatic carbocycles. The Kier molecular flexibility index (Phi) is 2.13. The molecule has 0 unspecified atom stereocenters. The number of hydrogen-bond donors (Lipinski definition) is 0. The second-order valence-electron chi connectivity index (χ2n) is 2.84. The molecule has 0 saturated heterocycles. The summed E-state index contributed by atoms with van der Waals surface area (Å²) in [5.74, 6) is 0.950. The molecular weight excluding hydrogens is 162 g/mol. The first-order valence-corrected chi connectivity index (χ1v) is 4.39. The van der Waals surface area contributed by atoms with Crippen molar-refractivity contribution in [1.82, 2.24) is 4.98 Å². The Morgan fingerprint density at radius 3 is 2.69 bits per heavy atom. The average Bonchev–Trinajstić information content (AvgIpc) is 2.67. The van der Waals surface area contributed by atoms with E-state index in [2.05, 4.69) is 11.9 Å². The Morgan fingerprint density at radius 1 is 1.23 bits per heavy atom. The van der Waals surface area contributed by atoms with Crippen molar-refractivity contribution in [2.45, 2.75) is 13.3 Å². The second kappa shape index (κ2) is 3.44. The molecule has 2 heteroatoms. The van der Waals surface area contributed by atoms with E-state index in [0.29, 0.717) is 0 Å². The fraction of sp³-hybridized carbons (Fsp3) is 0.182. The third-order valence-electron chi connectivity index (χ3n) is 2.01. The van der Waals surface area contributed by atoms with Crippen LogP contribution in [0.2, 0.25) is 0 Å². The Morgan fingerprint density at radius 2 is 2.00 bits per heavy atom. The lowest BCUT2D eigenvalue weighted by Crippen LogP contribution is -1.82. The van der Waals surface area contributed by atoms with Crippen molar-refractivity contribution in [3.63, 3.8) is 0 Å². The first-order chi connectivity index (χ1) is 6.42. The molecule has 0 aliphatic heterocycles. The smallest absolute Gasteiger partial charge is 0.181 e. The first-order valence-electron chi connectivity index (χ1n) is 4.39. The standard InChI is InChI=1S/C11H11NO/c1-2-10-11(12-8-13-10)9-6-4-3-5-7-9/h3-8H,2H2,1H3. The van der Waals surface area contributed by atoms with Gasteiger partial charge in [0, 0.05) is 12.0 Å². The van der Waals surface area contributed by atoms with E-state index in [0.717, 1.165) is 23.4 Å². The van der Waals surface area contributed by atoms with Crippen molar-refractivity contribution in [2.75, 3.05) is 0 Å². The maximum Gasteiger partial charge on any atom is 0.181 e. The molecule has 13 heavy (non-hydrogen) atoms. The summed E-state index contributed by atoms with van der Waals surface area (Å²) in [5, 5.41) is 0. The van der Waals surface area contributed by atoms with Crippen molar-refractivity contribution >= 4 is 0 Å². The average molecular weight is 173 g/mol. The van der Waals surface area contributed by atoms with Crippen LogP contribution >= 0.6 is 0 Å². The van der Waals surface area contributed by atoms with Gasteiger partial charge >= 0.3 is 0 Å². The van der Waals surface area contributed by atoms with E-state index in [1.807, 2.05) is 30.3 Å². The van der Waals surface area contributed by atoms with E-state index in [4.69, 9.17) is 4.42 Å². The predicted octanol–water partition coefficient (Wildman–Crippen LogP) is 2.90. The zero-order valence-electron chi connectivity index (χ0n) is 7.53. The summed E-state index contributed by atoms with van der Waals surface area (Å²) in [6.07, 6.45) is 2.38. The highest BCUT2D eigenvalue weighted by Crippen LogP contribution is 2.21. The summed E-state index contributed by atoms with van der Waals surface area (Å²) in [6, 6.07) is 10.1. The van der Waals surface area contributed by atoms with Gasteiger partial charge in [-0.1, -0.05) is 37.3 Å². The third kappa shape index (κ3) is 1.47. The molecule has 1 aromatic heterocycles. The molecule has 0 spiro atoms. The van der Waals surface area contributed by atoms with Crippen LogP contribution in [-0.2, 0) is 6.42 Å². The molecule has 0 fully saturated rings. The van der Waals surface area contributed by atoms with Crippen LogP contribution < -0.4 is 0 Å². The van der Waals surface area contributed by atoms with Gasteiger partial charge in [0.15, 0.2) is 6.39 Å². The lowest BCUT2D eigenvalue weighted by Gasteiger charge is -1.97. The van der Waals surface area contributed by atoms with Crippen LogP contribution in [0.3, 0.4) is 0 Å². The number of hydrogen-bond acceptors (Lipinski definition) is 2. The van der Waals surface area contributed by atoms with Gasteiger partial charge in [0.25, 0.3) is 0 Å². The molecule has 0 atom stereocenters. The molecule has 2 rings (SSSR count). The predicted molar refractivity (Wildman–Crippen MR) is 51.3 cm³/mol. The van der Waals surface area contributed by atoms with Gasteiger partial charge in [-0.3, -0.25) is 0 Å². The number of aromatic nitrogens is 1. The Balaban J connectivity index is 2.47. The van der Waals surface area contributed by atoms with Crippen molar-refractivity contribution in [1.29, 1.82) is 0 Å². The van der Waals surface area contributed by atoms with Crippen molar-refractivity contribution in [3.05, 3.63) is 42.5 Å². The topological polar surface area (TPSA) is 26.0 Å². The summed E-state index contributed by atoms with van der Waals surface area (Å²) in [4.78, 5) is 4.19. The Hall–Kier alpha value is -1.57. The minimum atomic E-state index is 0.879. The van der Waals surface area contributed by atoms with Gasteiger partial charge in [0.05, 0.1) is 0 Å². The highest BCUT2D eigenvalue weighted by atomic mass is 16.3. The van der Waals surface area contributed by atoms with Crippen LogP contribution in [-0.4, -0.2) is 4.98 Å². The summed E-state index contributed by atoms with van der Waals surface area (Å²) in [6.45, 7) is 2.06. The van der Waals surface area contributed by atoms with E-state index in [1.165, 1.54) is 6.39 Å². The fourth-order valence-electron chi connectivity index (χ4n) is 1.35. The highest BCUT2D eigenvalue weighted by molar-refractivity contribution is 5.60. The largest absolute Gasteiger partial charge is 0.448 e. The lowest BCUT2D eigenvalue weighted by molar-refractivity contribution is 0.510. The maximum atomic E-state index is 5.26. The Bertz CT molecular complexity index is 378. The molecule has 0 amide bonds. The number of nitrogens with zero attached hydrogens (tertiary/aromatic N) is 1. The van der Waals surface area contributed by atoms with E-state index >= 15 is 0 Å². The lowest BCUT2D eigenvalue weighted by atomic mass is 10.1. The van der Waals surface area contributed by atoms with Gasteiger partial charge in [-0.15, -0.1) is 0 Å².